The SMILES string of the molecule is CC1(C)SCCN(S(=O)(=O)c2ccccc2OCc2cc(Cl)nc3ccccc23)C1C(=O)NO. The van der Waals surface area contributed by atoms with Gasteiger partial charge in [-0.25, -0.2) is 18.9 Å². The van der Waals surface area contributed by atoms with Crippen LogP contribution in [-0.4, -0.2) is 51.9 Å². The minimum atomic E-state index is -4.14. The highest BCUT2D eigenvalue weighted by Crippen LogP contribution is 2.40. The molecule has 1 unspecified atom stereocenters. The molecule has 1 aliphatic heterocycles. The summed E-state index contributed by atoms with van der Waals surface area (Å²) in [5.41, 5.74) is 3.09. The topological polar surface area (TPSA) is 109 Å². The summed E-state index contributed by atoms with van der Waals surface area (Å²) in [7, 11) is -4.14. The number of hydroxylamine groups is 1. The summed E-state index contributed by atoms with van der Waals surface area (Å²) in [4.78, 5) is 16.7. The van der Waals surface area contributed by atoms with Gasteiger partial charge in [-0.05, 0) is 38.1 Å². The molecule has 0 saturated carbocycles. The van der Waals surface area contributed by atoms with Gasteiger partial charge >= 0.3 is 0 Å². The number of carbonyl (C=O) groups is 1. The minimum absolute atomic E-state index is 0.0575. The Morgan fingerprint density at radius 1 is 1.26 bits per heavy atom. The maximum Gasteiger partial charge on any atom is 0.263 e. The van der Waals surface area contributed by atoms with Crippen LogP contribution in [0.1, 0.15) is 19.4 Å². The van der Waals surface area contributed by atoms with E-state index in [0.717, 1.165) is 15.3 Å². The van der Waals surface area contributed by atoms with Crippen molar-refractivity contribution in [2.75, 3.05) is 12.3 Å². The number of hydrogen-bond donors (Lipinski definition) is 2. The first-order valence-electron chi connectivity index (χ1n) is 10.5. The largest absolute Gasteiger partial charge is 0.487 e. The summed E-state index contributed by atoms with van der Waals surface area (Å²) in [6.45, 7) is 3.74. The molecule has 34 heavy (non-hydrogen) atoms. The summed E-state index contributed by atoms with van der Waals surface area (Å²) in [5, 5.41) is 10.4. The molecule has 11 heteroatoms. The molecule has 4 rings (SSSR count). The molecular weight excluding hydrogens is 498 g/mol. The van der Waals surface area contributed by atoms with Gasteiger partial charge in [-0.15, -0.1) is 0 Å². The van der Waals surface area contributed by atoms with E-state index in [-0.39, 0.29) is 23.8 Å². The summed E-state index contributed by atoms with van der Waals surface area (Å²) in [6, 6.07) is 14.4. The van der Waals surface area contributed by atoms with E-state index < -0.39 is 26.7 Å². The van der Waals surface area contributed by atoms with Crippen LogP contribution in [0.25, 0.3) is 10.9 Å². The van der Waals surface area contributed by atoms with Crippen molar-refractivity contribution >= 4 is 50.2 Å². The number of benzene rings is 2. The lowest BCUT2D eigenvalue weighted by Crippen LogP contribution is -2.61. The molecule has 8 nitrogen and oxygen atoms in total. The average molecular weight is 522 g/mol. The molecule has 1 atom stereocenters. The van der Waals surface area contributed by atoms with E-state index in [1.807, 2.05) is 24.3 Å². The van der Waals surface area contributed by atoms with Crippen LogP contribution in [0, 0.1) is 0 Å². The highest BCUT2D eigenvalue weighted by atomic mass is 35.5. The van der Waals surface area contributed by atoms with Gasteiger partial charge in [0, 0.05) is 28.0 Å². The van der Waals surface area contributed by atoms with Gasteiger partial charge in [0.15, 0.2) is 0 Å². The molecule has 1 aromatic heterocycles. The number of sulfonamides is 1. The molecule has 2 N–H and O–H groups in total. The number of pyridine rings is 1. The van der Waals surface area contributed by atoms with Crippen molar-refractivity contribution in [3.05, 3.63) is 65.3 Å². The molecule has 0 spiro atoms. The Kier molecular flexibility index (Phi) is 7.07. The molecule has 3 aromatic rings. The van der Waals surface area contributed by atoms with Crippen LogP contribution < -0.4 is 10.2 Å². The fourth-order valence-electron chi connectivity index (χ4n) is 4.12. The van der Waals surface area contributed by atoms with E-state index in [0.29, 0.717) is 16.4 Å². The number of ether oxygens (including phenoxy) is 1. The number of thioether (sulfide) groups is 1. The third-order valence-corrected chi connectivity index (χ3v) is 9.13. The highest BCUT2D eigenvalue weighted by Gasteiger charge is 2.48. The summed E-state index contributed by atoms with van der Waals surface area (Å²) >= 11 is 7.64. The second kappa shape index (κ2) is 9.71. The van der Waals surface area contributed by atoms with Crippen LogP contribution in [-0.2, 0) is 21.4 Å². The molecule has 1 aliphatic rings. The molecule has 0 radical (unpaired) electrons. The van der Waals surface area contributed by atoms with Gasteiger partial charge in [-0.2, -0.15) is 16.1 Å². The normalized spacial score (nSPS) is 18.5. The van der Waals surface area contributed by atoms with Gasteiger partial charge in [-0.1, -0.05) is 41.9 Å². The van der Waals surface area contributed by atoms with Crippen LogP contribution in [0.5, 0.6) is 5.75 Å². The lowest BCUT2D eigenvalue weighted by Gasteiger charge is -2.43. The zero-order chi connectivity index (χ0) is 24.5. The Balaban J connectivity index is 1.69. The minimum Gasteiger partial charge on any atom is -0.487 e. The Morgan fingerprint density at radius 3 is 2.74 bits per heavy atom. The number of rotatable bonds is 6. The van der Waals surface area contributed by atoms with Crippen molar-refractivity contribution in [3.63, 3.8) is 0 Å². The van der Waals surface area contributed by atoms with Gasteiger partial charge in [0.05, 0.1) is 5.52 Å². The maximum absolute atomic E-state index is 13.7. The van der Waals surface area contributed by atoms with Crippen LogP contribution >= 0.6 is 23.4 Å². The van der Waals surface area contributed by atoms with Gasteiger partial charge < -0.3 is 4.74 Å². The second-order valence-corrected chi connectivity index (χ2v) is 12.3. The first kappa shape index (κ1) is 24.7. The third kappa shape index (κ3) is 4.73. The highest BCUT2D eigenvalue weighted by molar-refractivity contribution is 8.01. The number of fused-ring (bicyclic) bond motifs is 1. The van der Waals surface area contributed by atoms with Gasteiger partial charge in [0.25, 0.3) is 5.91 Å². The number of hydrogen-bond acceptors (Lipinski definition) is 7. The summed E-state index contributed by atoms with van der Waals surface area (Å²) < 4.78 is 33.9. The van der Waals surface area contributed by atoms with Crippen molar-refractivity contribution < 1.29 is 23.2 Å². The standard InChI is InChI=1S/C23H24ClN3O5S2/c1-23(2)21(22(28)26-29)27(11-12-33-23)34(30,31)19-10-6-5-9-18(19)32-14-15-13-20(24)25-17-8-4-3-7-16(15)17/h3-10,13,21,29H,11-12,14H2,1-2H3,(H,26,28). The lowest BCUT2D eigenvalue weighted by atomic mass is 10.0. The Labute approximate surface area is 207 Å². The molecular formula is C23H24ClN3O5S2. The third-order valence-electron chi connectivity index (χ3n) is 5.68. The van der Waals surface area contributed by atoms with Gasteiger partial charge in [0.1, 0.15) is 28.4 Å². The fourth-order valence-corrected chi connectivity index (χ4v) is 7.58. The second-order valence-electron chi connectivity index (χ2n) is 8.30. The summed E-state index contributed by atoms with van der Waals surface area (Å²) in [5.74, 6) is -0.123. The molecule has 0 bridgehead atoms. The molecule has 0 aliphatic carbocycles. The summed E-state index contributed by atoms with van der Waals surface area (Å²) in [6.07, 6.45) is 0. The molecule has 180 valence electrons. The number of nitrogens with one attached hydrogen (secondary N) is 1. The van der Waals surface area contributed by atoms with Crippen molar-refractivity contribution in [1.29, 1.82) is 0 Å². The number of amides is 1. The van der Waals surface area contributed by atoms with E-state index >= 15 is 0 Å². The zero-order valence-corrected chi connectivity index (χ0v) is 21.0. The van der Waals surface area contributed by atoms with Gasteiger partial charge in [0.2, 0.25) is 10.0 Å². The van der Waals surface area contributed by atoms with Crippen molar-refractivity contribution in [3.8, 4) is 5.75 Å². The van der Waals surface area contributed by atoms with Crippen LogP contribution in [0.3, 0.4) is 0 Å². The Bertz CT molecular complexity index is 1330. The quantitative estimate of drug-likeness (QED) is 0.288. The molecule has 1 saturated heterocycles. The van der Waals surface area contributed by atoms with Gasteiger partial charge in [-0.3, -0.25) is 10.0 Å². The first-order chi connectivity index (χ1) is 16.1. The molecule has 2 heterocycles. The lowest BCUT2D eigenvalue weighted by molar-refractivity contribution is -0.134. The number of aromatic nitrogens is 1. The number of carbonyl (C=O) groups excluding carboxylic acids is 1. The average Bonchev–Trinajstić information content (AvgIpc) is 2.81. The van der Waals surface area contributed by atoms with Crippen LogP contribution in [0.4, 0.5) is 0 Å². The fraction of sp³-hybridized carbons (Fsp3) is 0.304. The van der Waals surface area contributed by atoms with E-state index in [4.69, 9.17) is 16.3 Å². The Morgan fingerprint density at radius 2 is 1.97 bits per heavy atom. The number of halogens is 1. The van der Waals surface area contributed by atoms with Crippen LogP contribution in [0.15, 0.2) is 59.5 Å². The van der Waals surface area contributed by atoms with Crippen molar-refractivity contribution in [1.82, 2.24) is 14.8 Å². The first-order valence-corrected chi connectivity index (χ1v) is 13.3. The Hall–Kier alpha value is -2.37. The molecule has 2 aromatic carbocycles. The van der Waals surface area contributed by atoms with E-state index in [2.05, 4.69) is 4.98 Å². The number of nitrogens with zero attached hydrogens (tertiary/aromatic N) is 2. The van der Waals surface area contributed by atoms with E-state index in [1.54, 1.807) is 43.6 Å². The van der Waals surface area contributed by atoms with E-state index in [9.17, 15) is 18.4 Å². The monoisotopic (exact) mass is 521 g/mol. The maximum atomic E-state index is 13.7. The smallest absolute Gasteiger partial charge is 0.263 e. The van der Waals surface area contributed by atoms with Crippen molar-refractivity contribution in [2.24, 2.45) is 0 Å². The molecule has 1 amide bonds. The van der Waals surface area contributed by atoms with Crippen LogP contribution in [0.2, 0.25) is 5.15 Å². The predicted octanol–water partition coefficient (Wildman–Crippen LogP) is 3.86. The zero-order valence-electron chi connectivity index (χ0n) is 18.6. The van der Waals surface area contributed by atoms with Crippen molar-refractivity contribution in [2.45, 2.75) is 36.1 Å². The number of para-hydroxylation sites is 2. The van der Waals surface area contributed by atoms with E-state index in [1.165, 1.54) is 17.8 Å². The molecule has 1 fully saturated rings. The predicted molar refractivity (Wildman–Crippen MR) is 132 cm³/mol.